The number of likely N-dealkylation sites (tertiary alicyclic amines) is 1. The van der Waals surface area contributed by atoms with E-state index in [1.165, 1.54) is 24.8 Å². The van der Waals surface area contributed by atoms with E-state index in [1.54, 1.807) is 0 Å². The van der Waals surface area contributed by atoms with Crippen LogP contribution in [0.3, 0.4) is 0 Å². The van der Waals surface area contributed by atoms with Crippen molar-refractivity contribution in [2.45, 2.75) is 50.7 Å². The minimum atomic E-state index is -0.111. The van der Waals surface area contributed by atoms with Crippen LogP contribution in [-0.2, 0) is 14.3 Å². The molecule has 0 amide bonds. The van der Waals surface area contributed by atoms with Gasteiger partial charge in [-0.2, -0.15) is 0 Å². The van der Waals surface area contributed by atoms with Gasteiger partial charge in [-0.15, -0.1) is 0 Å². The first kappa shape index (κ1) is 16.5. The Kier molecular flexibility index (Phi) is 6.06. The molecule has 0 aromatic heterocycles. The molecule has 0 saturated carbocycles. The normalized spacial score (nSPS) is 23.6. The SMILES string of the molecule is O=C(C[C@H](c1ccccc1)N1CCCCC1)OC[C@H]1CCCO1. The van der Waals surface area contributed by atoms with Gasteiger partial charge in [0.15, 0.2) is 0 Å². The molecule has 2 heterocycles. The molecule has 126 valence electrons. The number of esters is 1. The Balaban J connectivity index is 1.59. The summed E-state index contributed by atoms with van der Waals surface area (Å²) in [5.41, 5.74) is 1.21. The maximum absolute atomic E-state index is 12.3. The first-order valence-electron chi connectivity index (χ1n) is 8.89. The molecule has 0 aliphatic carbocycles. The number of rotatable bonds is 6. The van der Waals surface area contributed by atoms with Crippen LogP contribution in [0.2, 0.25) is 0 Å². The fraction of sp³-hybridized carbons (Fsp3) is 0.632. The predicted octanol–water partition coefficient (Wildman–Crippen LogP) is 3.33. The molecule has 23 heavy (non-hydrogen) atoms. The molecular formula is C19H27NO3. The lowest BCUT2D eigenvalue weighted by molar-refractivity contribution is -0.148. The third-order valence-electron chi connectivity index (χ3n) is 4.83. The van der Waals surface area contributed by atoms with E-state index >= 15 is 0 Å². The lowest BCUT2D eigenvalue weighted by Gasteiger charge is -2.34. The smallest absolute Gasteiger partial charge is 0.307 e. The Labute approximate surface area is 138 Å². The van der Waals surface area contributed by atoms with E-state index in [4.69, 9.17) is 9.47 Å². The zero-order valence-corrected chi connectivity index (χ0v) is 13.8. The number of carbonyl (C=O) groups is 1. The second-order valence-corrected chi connectivity index (χ2v) is 6.55. The molecule has 2 fully saturated rings. The molecule has 2 aliphatic rings. The molecule has 0 N–H and O–H groups in total. The molecule has 0 spiro atoms. The summed E-state index contributed by atoms with van der Waals surface area (Å²) in [5.74, 6) is -0.111. The van der Waals surface area contributed by atoms with Crippen LogP contribution in [-0.4, -0.2) is 43.3 Å². The van der Waals surface area contributed by atoms with Crippen LogP contribution in [0.5, 0.6) is 0 Å². The van der Waals surface area contributed by atoms with Gasteiger partial charge in [-0.05, 0) is 44.3 Å². The molecule has 1 aromatic carbocycles. The largest absolute Gasteiger partial charge is 0.463 e. The highest BCUT2D eigenvalue weighted by Gasteiger charge is 2.26. The Morgan fingerprint density at radius 2 is 1.96 bits per heavy atom. The topological polar surface area (TPSA) is 38.8 Å². The Morgan fingerprint density at radius 1 is 1.17 bits per heavy atom. The van der Waals surface area contributed by atoms with Crippen molar-refractivity contribution in [2.75, 3.05) is 26.3 Å². The van der Waals surface area contributed by atoms with E-state index in [0.717, 1.165) is 32.5 Å². The second-order valence-electron chi connectivity index (χ2n) is 6.55. The molecule has 0 radical (unpaired) electrons. The first-order valence-corrected chi connectivity index (χ1v) is 8.89. The zero-order valence-electron chi connectivity index (χ0n) is 13.8. The third kappa shape index (κ3) is 4.79. The van der Waals surface area contributed by atoms with Crippen molar-refractivity contribution in [2.24, 2.45) is 0 Å². The number of nitrogens with zero attached hydrogens (tertiary/aromatic N) is 1. The van der Waals surface area contributed by atoms with Crippen LogP contribution in [0.25, 0.3) is 0 Å². The average Bonchev–Trinajstić information content (AvgIpc) is 3.13. The quantitative estimate of drug-likeness (QED) is 0.755. The molecule has 2 saturated heterocycles. The van der Waals surface area contributed by atoms with E-state index in [9.17, 15) is 4.79 Å². The van der Waals surface area contributed by atoms with Crippen molar-refractivity contribution in [3.8, 4) is 0 Å². The summed E-state index contributed by atoms with van der Waals surface area (Å²) in [4.78, 5) is 14.8. The fourth-order valence-electron chi connectivity index (χ4n) is 3.54. The maximum atomic E-state index is 12.3. The monoisotopic (exact) mass is 317 g/mol. The summed E-state index contributed by atoms with van der Waals surface area (Å²) in [7, 11) is 0. The van der Waals surface area contributed by atoms with Crippen molar-refractivity contribution in [3.05, 3.63) is 35.9 Å². The van der Waals surface area contributed by atoms with Gasteiger partial charge in [-0.3, -0.25) is 9.69 Å². The third-order valence-corrected chi connectivity index (χ3v) is 4.83. The number of ether oxygens (including phenoxy) is 2. The molecule has 3 rings (SSSR count). The maximum Gasteiger partial charge on any atom is 0.307 e. The van der Waals surface area contributed by atoms with Gasteiger partial charge in [0.25, 0.3) is 0 Å². The number of piperidine rings is 1. The van der Waals surface area contributed by atoms with E-state index in [2.05, 4.69) is 17.0 Å². The van der Waals surface area contributed by atoms with Gasteiger partial charge in [0.1, 0.15) is 6.61 Å². The first-order chi connectivity index (χ1) is 11.3. The summed E-state index contributed by atoms with van der Waals surface area (Å²) < 4.78 is 11.0. The lowest BCUT2D eigenvalue weighted by atomic mass is 9.99. The van der Waals surface area contributed by atoms with Crippen molar-refractivity contribution >= 4 is 5.97 Å². The minimum absolute atomic E-state index is 0.101. The minimum Gasteiger partial charge on any atom is -0.463 e. The summed E-state index contributed by atoms with van der Waals surface area (Å²) in [6.07, 6.45) is 6.33. The average molecular weight is 317 g/mol. The van der Waals surface area contributed by atoms with E-state index < -0.39 is 0 Å². The van der Waals surface area contributed by atoms with E-state index in [-0.39, 0.29) is 18.1 Å². The van der Waals surface area contributed by atoms with Gasteiger partial charge in [0, 0.05) is 12.6 Å². The van der Waals surface area contributed by atoms with E-state index in [0.29, 0.717) is 13.0 Å². The second kappa shape index (κ2) is 8.46. The summed E-state index contributed by atoms with van der Waals surface area (Å²) >= 11 is 0. The summed E-state index contributed by atoms with van der Waals surface area (Å²) in [6, 6.07) is 10.5. The van der Waals surface area contributed by atoms with Crippen LogP contribution in [0.15, 0.2) is 30.3 Å². The van der Waals surface area contributed by atoms with Crippen molar-refractivity contribution in [1.29, 1.82) is 0 Å². The molecule has 0 bridgehead atoms. The van der Waals surface area contributed by atoms with Gasteiger partial charge in [-0.25, -0.2) is 0 Å². The molecule has 2 aliphatic heterocycles. The number of carbonyl (C=O) groups excluding carboxylic acids is 1. The number of benzene rings is 1. The predicted molar refractivity (Wildman–Crippen MR) is 89.2 cm³/mol. The molecule has 4 nitrogen and oxygen atoms in total. The van der Waals surface area contributed by atoms with Gasteiger partial charge < -0.3 is 9.47 Å². The van der Waals surface area contributed by atoms with Gasteiger partial charge in [0.2, 0.25) is 0 Å². The van der Waals surface area contributed by atoms with Crippen LogP contribution in [0.1, 0.15) is 50.1 Å². The van der Waals surface area contributed by atoms with Crippen LogP contribution >= 0.6 is 0 Å². The highest BCUT2D eigenvalue weighted by Crippen LogP contribution is 2.28. The van der Waals surface area contributed by atoms with Gasteiger partial charge >= 0.3 is 5.97 Å². The fourth-order valence-corrected chi connectivity index (χ4v) is 3.54. The molecule has 0 unspecified atom stereocenters. The standard InChI is InChI=1S/C19H27NO3/c21-19(23-15-17-10-7-13-22-17)14-18(16-8-3-1-4-9-16)20-11-5-2-6-12-20/h1,3-4,8-9,17-18H,2,5-7,10-15H2/t17-,18-/m1/s1. The van der Waals surface area contributed by atoms with Crippen LogP contribution in [0.4, 0.5) is 0 Å². The van der Waals surface area contributed by atoms with Crippen molar-refractivity contribution in [1.82, 2.24) is 4.90 Å². The summed E-state index contributed by atoms with van der Waals surface area (Å²) in [5, 5.41) is 0. The van der Waals surface area contributed by atoms with Crippen molar-refractivity contribution in [3.63, 3.8) is 0 Å². The number of hydrogen-bond donors (Lipinski definition) is 0. The molecule has 4 heteroatoms. The molecular weight excluding hydrogens is 290 g/mol. The molecule has 2 atom stereocenters. The zero-order chi connectivity index (χ0) is 15.9. The summed E-state index contributed by atoms with van der Waals surface area (Å²) in [6.45, 7) is 3.33. The van der Waals surface area contributed by atoms with Gasteiger partial charge in [-0.1, -0.05) is 36.8 Å². The Bertz CT molecular complexity index is 479. The Morgan fingerprint density at radius 3 is 2.65 bits per heavy atom. The van der Waals surface area contributed by atoms with Crippen LogP contribution in [0, 0.1) is 0 Å². The van der Waals surface area contributed by atoms with Gasteiger partial charge in [0.05, 0.1) is 12.5 Å². The Hall–Kier alpha value is -1.39. The highest BCUT2D eigenvalue weighted by atomic mass is 16.6. The van der Waals surface area contributed by atoms with Crippen molar-refractivity contribution < 1.29 is 14.3 Å². The van der Waals surface area contributed by atoms with E-state index in [1.807, 2.05) is 18.2 Å². The molecule has 1 aromatic rings. The number of hydrogen-bond acceptors (Lipinski definition) is 4. The highest BCUT2D eigenvalue weighted by molar-refractivity contribution is 5.70. The van der Waals surface area contributed by atoms with Crippen LogP contribution < -0.4 is 0 Å². The lowest BCUT2D eigenvalue weighted by Crippen LogP contribution is -2.35.